The number of aromatic nitrogens is 3. The van der Waals surface area contributed by atoms with Gasteiger partial charge in [-0.15, -0.1) is 24.0 Å². The lowest BCUT2D eigenvalue weighted by atomic mass is 9.98. The standard InChI is InChI=1S/C103H70N6S2/c1-68-23-8-9-28-83(68)90-35-22-41-99(102(90)110)105(73-24-4-2-5-25-73)78-48-43-69(44-49-78)70-45-50-79(51-46-70)106(74-26-6-3-7-27-74)100-67-72(66-92-89-34-15-21-42-101(89)111-103(92)100)71-47-64-98-91(65-71)88-33-14-20-40-97(88)109(98)82-62-56-77(57-63-82)104(75-52-58-80(59-53-75)107-93-36-16-10-29-84(93)85-30-11-17-37-94(85)107)76-54-60-81(61-55-76)108-95-38-18-12-31-86(95)87-32-13-19-39-96(87)108/h2-67,110H,1H3. The molecule has 0 radical (unpaired) electrons. The van der Waals surface area contributed by atoms with Gasteiger partial charge in [0.05, 0.1) is 49.2 Å². The minimum absolute atomic E-state index is 0.926. The molecule has 0 spiro atoms. The Morgan fingerprint density at radius 2 is 0.577 bits per heavy atom. The lowest BCUT2D eigenvalue weighted by molar-refractivity contribution is 1.16. The van der Waals surface area contributed by atoms with Gasteiger partial charge in [0, 0.05) is 110 Å². The van der Waals surface area contributed by atoms with Gasteiger partial charge in [-0.05, 0) is 234 Å². The molecule has 0 aliphatic rings. The first kappa shape index (κ1) is 65.4. The zero-order chi connectivity index (χ0) is 73.6. The topological polar surface area (TPSA) is 24.5 Å². The highest BCUT2D eigenvalue weighted by molar-refractivity contribution is 7.80. The normalized spacial score (nSPS) is 11.7. The summed E-state index contributed by atoms with van der Waals surface area (Å²) in [7, 11) is 0. The van der Waals surface area contributed by atoms with Crippen LogP contribution in [0.1, 0.15) is 5.56 Å². The molecule has 4 aromatic heterocycles. The van der Waals surface area contributed by atoms with Crippen molar-refractivity contribution in [1.29, 1.82) is 0 Å². The van der Waals surface area contributed by atoms with Crippen LogP contribution in [0.4, 0.5) is 51.2 Å². The van der Waals surface area contributed by atoms with E-state index >= 15 is 0 Å². The molecule has 0 saturated carbocycles. The number of benzene rings is 17. The summed E-state index contributed by atoms with van der Waals surface area (Å²) in [4.78, 5) is 8.07. The molecule has 0 bridgehead atoms. The van der Waals surface area contributed by atoms with Gasteiger partial charge in [0.2, 0.25) is 0 Å². The van der Waals surface area contributed by atoms with Crippen molar-refractivity contribution >= 4 is 161 Å². The van der Waals surface area contributed by atoms with Crippen LogP contribution in [-0.2, 0) is 0 Å². The molecular formula is C103H70N6S2. The molecule has 8 heteroatoms. The van der Waals surface area contributed by atoms with Crippen molar-refractivity contribution in [2.24, 2.45) is 0 Å². The molecule has 0 atom stereocenters. The zero-order valence-corrected chi connectivity index (χ0v) is 62.4. The number of anilines is 9. The fourth-order valence-electron chi connectivity index (χ4n) is 17.1. The van der Waals surface area contributed by atoms with Crippen molar-refractivity contribution in [1.82, 2.24) is 13.7 Å². The van der Waals surface area contributed by atoms with Crippen LogP contribution < -0.4 is 14.7 Å². The van der Waals surface area contributed by atoms with Crippen molar-refractivity contribution in [3.8, 4) is 50.4 Å². The highest BCUT2D eigenvalue weighted by Crippen LogP contribution is 2.50. The first-order chi connectivity index (χ1) is 54.9. The van der Waals surface area contributed by atoms with Crippen molar-refractivity contribution < 1.29 is 0 Å². The molecule has 111 heavy (non-hydrogen) atoms. The first-order valence-electron chi connectivity index (χ1n) is 37.8. The van der Waals surface area contributed by atoms with E-state index in [2.05, 4.69) is 436 Å². The number of fused-ring (bicyclic) bond motifs is 12. The van der Waals surface area contributed by atoms with Crippen molar-refractivity contribution in [2.75, 3.05) is 14.7 Å². The average molecular weight is 1460 g/mol. The minimum Gasteiger partial charge on any atom is -0.310 e. The first-order valence-corrected chi connectivity index (χ1v) is 39.0. The molecule has 0 saturated heterocycles. The molecule has 0 aliphatic carbocycles. The highest BCUT2D eigenvalue weighted by Gasteiger charge is 2.25. The molecule has 4 heterocycles. The minimum atomic E-state index is 0.926. The van der Waals surface area contributed by atoms with Crippen LogP contribution in [0.5, 0.6) is 0 Å². The van der Waals surface area contributed by atoms with Crippen LogP contribution in [0.3, 0.4) is 0 Å². The second-order valence-corrected chi connectivity index (χ2v) is 30.1. The Kier molecular flexibility index (Phi) is 16.0. The maximum Gasteiger partial charge on any atom is 0.0646 e. The zero-order valence-electron chi connectivity index (χ0n) is 60.6. The second-order valence-electron chi connectivity index (χ2n) is 28.6. The van der Waals surface area contributed by atoms with E-state index in [-0.39, 0.29) is 0 Å². The summed E-state index contributed by atoms with van der Waals surface area (Å²) in [5.41, 5.74) is 27.9. The van der Waals surface area contributed by atoms with Crippen LogP contribution in [-0.4, -0.2) is 13.7 Å². The van der Waals surface area contributed by atoms with Crippen LogP contribution in [0.15, 0.2) is 405 Å². The van der Waals surface area contributed by atoms with Crippen LogP contribution in [0.25, 0.3) is 136 Å². The van der Waals surface area contributed by atoms with E-state index in [9.17, 15) is 0 Å². The smallest absolute Gasteiger partial charge is 0.0646 e. The number of hydrogen-bond acceptors (Lipinski definition) is 5. The SMILES string of the molecule is Cc1ccccc1-c1cccc(N(c2ccccc2)c2ccc(-c3ccc(N(c4ccccc4)c4cc(-c5ccc6c(c5)c5ccccc5n6-c5ccc(N(c6ccc(-n7c8ccccc8c8ccccc87)cc6)c6ccc(-n7c8ccccc8c8ccccc87)cc6)cc5)cc5c4sc4ccccc45)cc3)cc2)c1S. The Morgan fingerprint density at radius 3 is 1.05 bits per heavy atom. The molecule has 0 fully saturated rings. The predicted octanol–water partition coefficient (Wildman–Crippen LogP) is 29.4. The molecule has 21 rings (SSSR count). The van der Waals surface area contributed by atoms with Gasteiger partial charge in [0.15, 0.2) is 0 Å². The number of rotatable bonds is 15. The van der Waals surface area contributed by atoms with Crippen molar-refractivity contribution in [2.45, 2.75) is 11.8 Å². The van der Waals surface area contributed by atoms with E-state index in [0.29, 0.717) is 0 Å². The number of para-hydroxylation sites is 7. The van der Waals surface area contributed by atoms with Gasteiger partial charge in [0.1, 0.15) is 0 Å². The fraction of sp³-hybridized carbons (Fsp3) is 0.00971. The Balaban J connectivity index is 0.640. The molecule has 21 aromatic rings. The van der Waals surface area contributed by atoms with E-state index in [1.807, 2.05) is 11.3 Å². The second kappa shape index (κ2) is 27.1. The molecule has 0 unspecified atom stereocenters. The Hall–Kier alpha value is -13.9. The largest absolute Gasteiger partial charge is 0.310 e. The third-order valence-corrected chi connectivity index (χ3v) is 23.9. The van der Waals surface area contributed by atoms with Crippen LogP contribution in [0.2, 0.25) is 0 Å². The highest BCUT2D eigenvalue weighted by atomic mass is 32.1. The third kappa shape index (κ3) is 11.2. The van der Waals surface area contributed by atoms with Gasteiger partial charge < -0.3 is 28.4 Å². The molecule has 17 aromatic carbocycles. The lowest BCUT2D eigenvalue weighted by Gasteiger charge is -2.28. The van der Waals surface area contributed by atoms with Gasteiger partial charge in [-0.2, -0.15) is 0 Å². The molecule has 524 valence electrons. The number of thiol groups is 1. The number of hydrogen-bond donors (Lipinski definition) is 1. The summed E-state index contributed by atoms with van der Waals surface area (Å²) in [6, 6.07) is 146. The maximum atomic E-state index is 5.27. The third-order valence-electron chi connectivity index (χ3n) is 22.3. The molecule has 0 N–H and O–H groups in total. The van der Waals surface area contributed by atoms with Gasteiger partial charge >= 0.3 is 0 Å². The van der Waals surface area contributed by atoms with Gasteiger partial charge in [-0.25, -0.2) is 0 Å². The summed E-state index contributed by atoms with van der Waals surface area (Å²) in [5.74, 6) is 0. The van der Waals surface area contributed by atoms with Crippen molar-refractivity contribution in [3.05, 3.63) is 406 Å². The van der Waals surface area contributed by atoms with E-state index in [4.69, 9.17) is 12.6 Å². The van der Waals surface area contributed by atoms with E-state index in [1.165, 1.54) is 85.7 Å². The Morgan fingerprint density at radius 1 is 0.234 bits per heavy atom. The van der Waals surface area contributed by atoms with Gasteiger partial charge in [-0.3, -0.25) is 0 Å². The summed E-state index contributed by atoms with van der Waals surface area (Å²) in [6.07, 6.45) is 0. The van der Waals surface area contributed by atoms with Gasteiger partial charge in [0.25, 0.3) is 0 Å². The summed E-state index contributed by atoms with van der Waals surface area (Å²) in [6.45, 7) is 2.16. The Labute approximate surface area is 652 Å². The number of nitrogens with zero attached hydrogens (tertiary/aromatic N) is 6. The number of aryl methyl sites for hydroxylation is 1. The molecule has 6 nitrogen and oxygen atoms in total. The molecular weight excluding hydrogens is 1390 g/mol. The van der Waals surface area contributed by atoms with E-state index in [1.54, 1.807) is 0 Å². The summed E-state index contributed by atoms with van der Waals surface area (Å²) < 4.78 is 9.69. The lowest BCUT2D eigenvalue weighted by Crippen LogP contribution is -2.11. The van der Waals surface area contributed by atoms with Crippen LogP contribution >= 0.6 is 24.0 Å². The average Bonchev–Trinajstić information content (AvgIpc) is 1.65. The Bertz CT molecular complexity index is 6880. The van der Waals surface area contributed by atoms with E-state index < -0.39 is 0 Å². The quantitative estimate of drug-likeness (QED) is 0.104. The van der Waals surface area contributed by atoms with Crippen LogP contribution in [0, 0.1) is 6.92 Å². The molecule has 0 amide bonds. The number of thiophene rings is 1. The van der Waals surface area contributed by atoms with Gasteiger partial charge in [-0.1, -0.05) is 212 Å². The monoisotopic (exact) mass is 1450 g/mol. The molecule has 0 aliphatic heterocycles. The van der Waals surface area contributed by atoms with E-state index in [0.717, 1.165) is 112 Å². The fourth-order valence-corrected chi connectivity index (χ4v) is 18.6. The van der Waals surface area contributed by atoms with Crippen molar-refractivity contribution in [3.63, 3.8) is 0 Å². The predicted molar refractivity (Wildman–Crippen MR) is 475 cm³/mol. The summed E-state index contributed by atoms with van der Waals surface area (Å²) >= 11 is 7.13. The maximum absolute atomic E-state index is 5.27. The summed E-state index contributed by atoms with van der Waals surface area (Å²) in [5, 5.41) is 9.83.